The van der Waals surface area contributed by atoms with Crippen LogP contribution in [-0.4, -0.2) is 11.9 Å². The van der Waals surface area contributed by atoms with Crippen molar-refractivity contribution >= 4 is 22.8 Å². The molecule has 1 aromatic heterocycles. The maximum atomic E-state index is 12.5. The summed E-state index contributed by atoms with van der Waals surface area (Å²) in [7, 11) is 0. The molecule has 0 aliphatic rings. The normalized spacial score (nSPS) is 10.7. The molecule has 6 heteroatoms. The molecule has 1 amide bonds. The first kappa shape index (κ1) is 17.4. The van der Waals surface area contributed by atoms with Crippen LogP contribution in [0.5, 0.6) is 5.75 Å². The Hall–Kier alpha value is -3.41. The van der Waals surface area contributed by atoms with Crippen LogP contribution in [0, 0.1) is 20.8 Å². The van der Waals surface area contributed by atoms with Crippen LogP contribution < -0.4 is 16.1 Å². The second kappa shape index (κ2) is 6.48. The van der Waals surface area contributed by atoms with Crippen molar-refractivity contribution < 1.29 is 18.7 Å². The van der Waals surface area contributed by atoms with Crippen molar-refractivity contribution in [3.8, 4) is 5.75 Å². The van der Waals surface area contributed by atoms with Crippen molar-refractivity contribution in [3.05, 3.63) is 74.6 Å². The molecule has 3 rings (SSSR count). The molecule has 0 unspecified atom stereocenters. The molecule has 2 N–H and O–H groups in total. The van der Waals surface area contributed by atoms with Gasteiger partial charge >= 0.3 is 11.6 Å². The summed E-state index contributed by atoms with van der Waals surface area (Å²) in [5.41, 5.74) is 7.49. The van der Waals surface area contributed by atoms with Crippen molar-refractivity contribution in [1.29, 1.82) is 0 Å². The third kappa shape index (κ3) is 3.21. The minimum absolute atomic E-state index is 0.197. The van der Waals surface area contributed by atoms with Gasteiger partial charge in [-0.3, -0.25) is 4.79 Å². The SMILES string of the molecule is Cc1cc(C)c(C(=O)Oc2ccc3cc(C(N)=O)c(=O)oc3c2)c(C)c1. The fourth-order valence-electron chi connectivity index (χ4n) is 2.99. The molecule has 0 bridgehead atoms. The fourth-order valence-corrected chi connectivity index (χ4v) is 2.99. The van der Waals surface area contributed by atoms with Crippen LogP contribution in [0.4, 0.5) is 0 Å². The molecule has 26 heavy (non-hydrogen) atoms. The number of nitrogens with two attached hydrogens (primary N) is 1. The lowest BCUT2D eigenvalue weighted by Crippen LogP contribution is -2.20. The summed E-state index contributed by atoms with van der Waals surface area (Å²) in [6.45, 7) is 5.66. The van der Waals surface area contributed by atoms with Gasteiger partial charge in [-0.05, 0) is 50.1 Å². The number of rotatable bonds is 3. The lowest BCUT2D eigenvalue weighted by Gasteiger charge is -2.11. The molecule has 0 fully saturated rings. The van der Waals surface area contributed by atoms with Crippen LogP contribution in [0.25, 0.3) is 11.0 Å². The minimum atomic E-state index is -0.860. The molecule has 0 spiro atoms. The Morgan fingerprint density at radius 3 is 2.27 bits per heavy atom. The van der Waals surface area contributed by atoms with Gasteiger partial charge in [0.15, 0.2) is 0 Å². The quantitative estimate of drug-likeness (QED) is 0.444. The van der Waals surface area contributed by atoms with Gasteiger partial charge in [0.05, 0.1) is 5.56 Å². The number of hydrogen-bond donors (Lipinski definition) is 1. The Bertz CT molecular complexity index is 1090. The van der Waals surface area contributed by atoms with Crippen molar-refractivity contribution in [1.82, 2.24) is 0 Å². The lowest BCUT2D eigenvalue weighted by molar-refractivity contribution is 0.0733. The summed E-state index contributed by atoms with van der Waals surface area (Å²) >= 11 is 0. The smallest absolute Gasteiger partial charge is 0.349 e. The predicted octanol–water partition coefficient (Wildman–Crippen LogP) is 3.04. The number of carbonyl (C=O) groups excluding carboxylic acids is 2. The Morgan fingerprint density at radius 1 is 1.00 bits per heavy atom. The molecular weight excluding hydrogens is 334 g/mol. The molecule has 0 aliphatic carbocycles. The van der Waals surface area contributed by atoms with E-state index in [4.69, 9.17) is 14.9 Å². The molecule has 2 aromatic carbocycles. The molecule has 1 heterocycles. The Labute approximate surface area is 149 Å². The van der Waals surface area contributed by atoms with Crippen LogP contribution in [-0.2, 0) is 0 Å². The summed E-state index contributed by atoms with van der Waals surface area (Å²) in [6.07, 6.45) is 0. The number of benzene rings is 2. The van der Waals surface area contributed by atoms with Gasteiger partial charge in [-0.1, -0.05) is 17.7 Å². The van der Waals surface area contributed by atoms with E-state index >= 15 is 0 Å². The van der Waals surface area contributed by atoms with Crippen molar-refractivity contribution in [2.45, 2.75) is 20.8 Å². The van der Waals surface area contributed by atoms with Gasteiger partial charge in [-0.2, -0.15) is 0 Å². The first-order valence-electron chi connectivity index (χ1n) is 7.94. The molecule has 3 aromatic rings. The molecule has 0 saturated heterocycles. The highest BCUT2D eigenvalue weighted by Crippen LogP contribution is 2.23. The zero-order valence-electron chi connectivity index (χ0n) is 14.6. The number of primary amides is 1. The maximum Gasteiger partial charge on any atom is 0.349 e. The van der Waals surface area contributed by atoms with Crippen molar-refractivity contribution in [2.24, 2.45) is 5.73 Å². The molecule has 0 saturated carbocycles. The fraction of sp³-hybridized carbons (Fsp3) is 0.150. The van der Waals surface area contributed by atoms with Crippen LogP contribution in [0.3, 0.4) is 0 Å². The second-order valence-corrected chi connectivity index (χ2v) is 6.17. The third-order valence-corrected chi connectivity index (χ3v) is 4.06. The molecule has 0 atom stereocenters. The first-order chi connectivity index (χ1) is 12.3. The van der Waals surface area contributed by atoms with Crippen molar-refractivity contribution in [2.75, 3.05) is 0 Å². The zero-order chi connectivity index (χ0) is 19.0. The summed E-state index contributed by atoms with van der Waals surface area (Å²) in [4.78, 5) is 35.5. The van der Waals surface area contributed by atoms with Gasteiger partial charge in [-0.25, -0.2) is 9.59 Å². The number of aryl methyl sites for hydroxylation is 3. The Balaban J connectivity index is 1.97. The van der Waals surface area contributed by atoms with Gasteiger partial charge in [0, 0.05) is 11.5 Å². The minimum Gasteiger partial charge on any atom is -0.423 e. The summed E-state index contributed by atoms with van der Waals surface area (Å²) < 4.78 is 10.5. The zero-order valence-corrected chi connectivity index (χ0v) is 14.6. The first-order valence-corrected chi connectivity index (χ1v) is 7.94. The van der Waals surface area contributed by atoms with E-state index in [1.165, 1.54) is 12.1 Å². The van der Waals surface area contributed by atoms with Gasteiger partial charge in [-0.15, -0.1) is 0 Å². The van der Waals surface area contributed by atoms with Gasteiger partial charge in [0.1, 0.15) is 16.9 Å². The van der Waals surface area contributed by atoms with Crippen LogP contribution >= 0.6 is 0 Å². The highest BCUT2D eigenvalue weighted by atomic mass is 16.5. The highest BCUT2D eigenvalue weighted by molar-refractivity contribution is 5.96. The van der Waals surface area contributed by atoms with Gasteiger partial charge < -0.3 is 14.9 Å². The predicted molar refractivity (Wildman–Crippen MR) is 96.6 cm³/mol. The van der Waals surface area contributed by atoms with E-state index in [0.29, 0.717) is 10.9 Å². The molecule has 6 nitrogen and oxygen atoms in total. The van der Waals surface area contributed by atoms with Crippen LogP contribution in [0.2, 0.25) is 0 Å². The monoisotopic (exact) mass is 351 g/mol. The van der Waals surface area contributed by atoms with E-state index in [-0.39, 0.29) is 16.9 Å². The maximum absolute atomic E-state index is 12.5. The van der Waals surface area contributed by atoms with Crippen molar-refractivity contribution in [3.63, 3.8) is 0 Å². The number of carbonyl (C=O) groups is 2. The summed E-state index contributed by atoms with van der Waals surface area (Å²) in [6, 6.07) is 9.75. The highest BCUT2D eigenvalue weighted by Gasteiger charge is 2.16. The average molecular weight is 351 g/mol. The molecule has 0 aliphatic heterocycles. The molecule has 0 radical (unpaired) electrons. The lowest BCUT2D eigenvalue weighted by atomic mass is 10.00. The number of amides is 1. The Kier molecular flexibility index (Phi) is 4.34. The number of hydrogen-bond acceptors (Lipinski definition) is 5. The van der Waals surface area contributed by atoms with Gasteiger partial charge in [0.2, 0.25) is 0 Å². The van der Waals surface area contributed by atoms with E-state index in [2.05, 4.69) is 0 Å². The van der Waals surface area contributed by atoms with Gasteiger partial charge in [0.25, 0.3) is 5.91 Å². The number of fused-ring (bicyclic) bond motifs is 1. The topological polar surface area (TPSA) is 99.6 Å². The Morgan fingerprint density at radius 2 is 1.65 bits per heavy atom. The van der Waals surface area contributed by atoms with E-state index in [9.17, 15) is 14.4 Å². The average Bonchev–Trinajstić information content (AvgIpc) is 2.52. The van der Waals surface area contributed by atoms with Crippen LogP contribution in [0.1, 0.15) is 37.4 Å². The summed E-state index contributed by atoms with van der Waals surface area (Å²) in [5.74, 6) is -1.12. The standard InChI is InChI=1S/C20H17NO5/c1-10-6-11(2)17(12(3)7-10)20(24)25-14-5-4-13-8-15(18(21)22)19(23)26-16(13)9-14/h4-9H,1-3H3,(H2,21,22). The van der Waals surface area contributed by atoms with E-state index in [1.54, 1.807) is 12.1 Å². The van der Waals surface area contributed by atoms with E-state index in [1.807, 2.05) is 32.9 Å². The number of esters is 1. The largest absolute Gasteiger partial charge is 0.423 e. The van der Waals surface area contributed by atoms with Crippen LogP contribution in [0.15, 0.2) is 45.6 Å². The van der Waals surface area contributed by atoms with E-state index < -0.39 is 17.5 Å². The molecular formula is C20H17NO5. The molecule has 132 valence electrons. The number of ether oxygens (including phenoxy) is 1. The van der Waals surface area contributed by atoms with E-state index in [0.717, 1.165) is 16.7 Å². The third-order valence-electron chi connectivity index (χ3n) is 4.06. The summed E-state index contributed by atoms with van der Waals surface area (Å²) in [5, 5.41) is 0.501. The second-order valence-electron chi connectivity index (χ2n) is 6.17.